The van der Waals surface area contributed by atoms with Crippen LogP contribution in [-0.4, -0.2) is 32.1 Å². The molecule has 0 aliphatic carbocycles. The van der Waals surface area contributed by atoms with Gasteiger partial charge in [-0.3, -0.25) is 15.1 Å². The van der Waals surface area contributed by atoms with Gasteiger partial charge in [0, 0.05) is 5.22 Å². The summed E-state index contributed by atoms with van der Waals surface area (Å²) in [7, 11) is 0. The van der Waals surface area contributed by atoms with Crippen molar-refractivity contribution in [2.45, 2.75) is 13.1 Å². The first-order valence-corrected chi connectivity index (χ1v) is 10.9. The molecule has 2 aliphatic heterocycles. The highest BCUT2D eigenvalue weighted by Crippen LogP contribution is 2.37. The molecule has 0 saturated heterocycles. The highest BCUT2D eigenvalue weighted by molar-refractivity contribution is 8.13. The Balaban J connectivity index is 1.75. The number of para-hydroxylation sites is 2. The van der Waals surface area contributed by atoms with Crippen LogP contribution in [-0.2, 0) is 4.79 Å². The van der Waals surface area contributed by atoms with Crippen LogP contribution in [0.1, 0.15) is 17.4 Å². The van der Waals surface area contributed by atoms with Crippen LogP contribution in [0.15, 0.2) is 64.7 Å². The topological polar surface area (TPSA) is 74.9 Å². The van der Waals surface area contributed by atoms with Gasteiger partial charge in [-0.15, -0.1) is 5.10 Å². The minimum Gasteiger partial charge on any atom is -0.298 e. The van der Waals surface area contributed by atoms with Crippen molar-refractivity contribution in [2.75, 3.05) is 6.26 Å². The van der Waals surface area contributed by atoms with E-state index in [1.807, 2.05) is 67.8 Å². The molecule has 0 spiro atoms. The first-order valence-electron chi connectivity index (χ1n) is 9.29. The lowest BCUT2D eigenvalue weighted by molar-refractivity contribution is -0.116. The van der Waals surface area contributed by atoms with Crippen LogP contribution in [0.25, 0.3) is 11.4 Å². The SMILES string of the molecule is CSC1=NN2C(=c3ccccc3=NC2c2c(C)nn(-c3ccccc3)c2Cl)C(=O)N1. The fourth-order valence-corrected chi connectivity index (χ4v) is 4.39. The van der Waals surface area contributed by atoms with Crippen molar-refractivity contribution in [2.24, 2.45) is 10.1 Å². The monoisotopic (exact) mass is 436 g/mol. The van der Waals surface area contributed by atoms with Crippen molar-refractivity contribution >= 4 is 40.1 Å². The van der Waals surface area contributed by atoms with Gasteiger partial charge in [-0.2, -0.15) is 5.10 Å². The summed E-state index contributed by atoms with van der Waals surface area (Å²) >= 11 is 8.17. The fraction of sp³-hybridized carbons (Fsp3) is 0.143. The quantitative estimate of drug-likeness (QED) is 0.669. The molecule has 150 valence electrons. The number of hydrogen-bond acceptors (Lipinski definition) is 6. The number of carbonyl (C=O) groups excluding carboxylic acids is 1. The number of hydrazone groups is 1. The van der Waals surface area contributed by atoms with Crippen molar-refractivity contribution in [3.8, 4) is 5.69 Å². The van der Waals surface area contributed by atoms with Crippen molar-refractivity contribution < 1.29 is 4.79 Å². The van der Waals surface area contributed by atoms with Gasteiger partial charge in [0.25, 0.3) is 5.91 Å². The largest absolute Gasteiger partial charge is 0.298 e. The standard InChI is InChI=1S/C21H17ClN6OS/c1-12-16(18(22)27(25-12)13-8-4-3-5-9-13)19-23-15-11-7-6-10-14(15)17-20(29)24-21(30-2)26-28(17)19/h3-11,19H,1-2H3,(H,24,26,29). The van der Waals surface area contributed by atoms with Crippen molar-refractivity contribution in [1.82, 2.24) is 20.1 Å². The minimum atomic E-state index is -0.604. The Kier molecular flexibility index (Phi) is 4.60. The van der Waals surface area contributed by atoms with Gasteiger partial charge in [-0.05, 0) is 31.4 Å². The van der Waals surface area contributed by atoms with E-state index in [-0.39, 0.29) is 5.91 Å². The van der Waals surface area contributed by atoms with Crippen LogP contribution in [0.3, 0.4) is 0 Å². The molecule has 0 fully saturated rings. The molecule has 0 radical (unpaired) electrons. The van der Waals surface area contributed by atoms with Crippen LogP contribution in [0, 0.1) is 6.92 Å². The molecule has 1 amide bonds. The van der Waals surface area contributed by atoms with Gasteiger partial charge in [0.2, 0.25) is 0 Å². The van der Waals surface area contributed by atoms with Crippen LogP contribution in [0.2, 0.25) is 5.15 Å². The van der Waals surface area contributed by atoms with E-state index >= 15 is 0 Å². The Morgan fingerprint density at radius 1 is 1.10 bits per heavy atom. The molecule has 1 unspecified atom stereocenters. The normalized spacial score (nSPS) is 17.6. The van der Waals surface area contributed by atoms with E-state index < -0.39 is 6.17 Å². The number of carbonyl (C=O) groups is 1. The van der Waals surface area contributed by atoms with Crippen LogP contribution in [0.4, 0.5) is 0 Å². The van der Waals surface area contributed by atoms with Crippen molar-refractivity contribution in [3.63, 3.8) is 0 Å². The van der Waals surface area contributed by atoms with Crippen molar-refractivity contribution in [1.29, 1.82) is 0 Å². The summed E-state index contributed by atoms with van der Waals surface area (Å²) < 4.78 is 1.69. The maximum absolute atomic E-state index is 13.0. The summed E-state index contributed by atoms with van der Waals surface area (Å²) in [5, 5.41) is 16.2. The lowest BCUT2D eigenvalue weighted by Crippen LogP contribution is -2.50. The Morgan fingerprint density at radius 3 is 2.60 bits per heavy atom. The van der Waals surface area contributed by atoms with Gasteiger partial charge in [0.1, 0.15) is 10.9 Å². The smallest absolute Gasteiger partial charge is 0.276 e. The number of hydrogen-bond donors (Lipinski definition) is 1. The molecule has 1 atom stereocenters. The Labute approximate surface area is 181 Å². The summed E-state index contributed by atoms with van der Waals surface area (Å²) in [5.74, 6) is -0.217. The van der Waals surface area contributed by atoms with Gasteiger partial charge in [0.15, 0.2) is 11.3 Å². The summed E-state index contributed by atoms with van der Waals surface area (Å²) in [6.45, 7) is 1.89. The summed E-state index contributed by atoms with van der Waals surface area (Å²) in [5.41, 5.74) is 2.74. The number of benzene rings is 2. The average Bonchev–Trinajstić information content (AvgIpc) is 3.07. The van der Waals surface area contributed by atoms with E-state index in [0.29, 0.717) is 21.6 Å². The van der Waals surface area contributed by atoms with E-state index in [1.54, 1.807) is 9.69 Å². The number of fused-ring (bicyclic) bond motifs is 2. The number of rotatable bonds is 2. The van der Waals surface area contributed by atoms with E-state index in [2.05, 4.69) is 15.5 Å². The van der Waals surface area contributed by atoms with Gasteiger partial charge in [-0.25, -0.2) is 9.69 Å². The molecular formula is C21H17ClN6OS. The van der Waals surface area contributed by atoms with E-state index in [1.165, 1.54) is 11.8 Å². The van der Waals surface area contributed by atoms with Crippen LogP contribution in [0.5, 0.6) is 0 Å². The molecule has 1 aromatic heterocycles. The molecule has 3 heterocycles. The maximum Gasteiger partial charge on any atom is 0.276 e. The number of thioether (sulfide) groups is 1. The molecule has 30 heavy (non-hydrogen) atoms. The summed E-state index contributed by atoms with van der Waals surface area (Å²) in [6, 6.07) is 17.2. The number of aromatic nitrogens is 2. The number of aryl methyl sites for hydroxylation is 1. The lowest BCUT2D eigenvalue weighted by atomic mass is 10.1. The Hall–Kier alpha value is -3.10. The Morgan fingerprint density at radius 2 is 1.83 bits per heavy atom. The van der Waals surface area contributed by atoms with E-state index in [4.69, 9.17) is 16.6 Å². The highest BCUT2D eigenvalue weighted by atomic mass is 35.5. The third-order valence-corrected chi connectivity index (χ3v) is 5.95. The maximum atomic E-state index is 13.0. The second kappa shape index (κ2) is 7.30. The molecule has 7 nitrogen and oxygen atoms in total. The molecule has 2 aromatic carbocycles. The second-order valence-electron chi connectivity index (χ2n) is 6.81. The zero-order chi connectivity index (χ0) is 20.8. The number of amidine groups is 1. The lowest BCUT2D eigenvalue weighted by Gasteiger charge is -2.33. The van der Waals surface area contributed by atoms with Gasteiger partial charge >= 0.3 is 0 Å². The van der Waals surface area contributed by atoms with E-state index in [9.17, 15) is 4.79 Å². The van der Waals surface area contributed by atoms with Gasteiger partial charge in [0.05, 0.1) is 22.3 Å². The van der Waals surface area contributed by atoms with E-state index in [0.717, 1.165) is 22.0 Å². The molecule has 5 rings (SSSR count). The molecule has 3 aromatic rings. The van der Waals surface area contributed by atoms with Crippen molar-refractivity contribution in [3.05, 3.63) is 81.6 Å². The predicted molar refractivity (Wildman–Crippen MR) is 118 cm³/mol. The predicted octanol–water partition coefficient (Wildman–Crippen LogP) is 2.34. The number of nitrogens with zero attached hydrogens (tertiary/aromatic N) is 5. The number of halogens is 1. The molecule has 0 saturated carbocycles. The first kappa shape index (κ1) is 18.9. The van der Waals surface area contributed by atoms with Crippen LogP contribution < -0.4 is 15.9 Å². The third kappa shape index (κ3) is 2.91. The first-order chi connectivity index (χ1) is 14.6. The zero-order valence-corrected chi connectivity index (χ0v) is 17.8. The number of nitrogens with one attached hydrogen (secondary N) is 1. The summed E-state index contributed by atoms with van der Waals surface area (Å²) in [4.78, 5) is 17.9. The van der Waals surface area contributed by atoms with Gasteiger partial charge < -0.3 is 0 Å². The molecule has 0 bridgehead atoms. The zero-order valence-electron chi connectivity index (χ0n) is 16.2. The summed E-state index contributed by atoms with van der Waals surface area (Å²) in [6.07, 6.45) is 1.26. The fourth-order valence-electron chi connectivity index (χ4n) is 3.65. The molecular weight excluding hydrogens is 420 g/mol. The minimum absolute atomic E-state index is 0.217. The molecule has 9 heteroatoms. The number of amides is 1. The highest BCUT2D eigenvalue weighted by Gasteiger charge is 2.37. The second-order valence-corrected chi connectivity index (χ2v) is 7.97. The average molecular weight is 437 g/mol. The molecule has 2 aliphatic rings. The van der Waals surface area contributed by atoms with Gasteiger partial charge in [-0.1, -0.05) is 59.8 Å². The van der Waals surface area contributed by atoms with Crippen LogP contribution >= 0.6 is 23.4 Å². The molecule has 1 N–H and O–H groups in total. The Bertz CT molecular complexity index is 1320. The third-order valence-electron chi connectivity index (χ3n) is 5.02.